The van der Waals surface area contributed by atoms with Gasteiger partial charge in [0.25, 0.3) is 0 Å². The number of carbonyl (C=O) groups excluding carboxylic acids is 1. The fraction of sp³-hybridized carbons (Fsp3) is 0.652. The van der Waals surface area contributed by atoms with Gasteiger partial charge in [0, 0.05) is 64.0 Å². The lowest BCUT2D eigenvalue weighted by atomic mass is 10.0. The van der Waals surface area contributed by atoms with Crippen LogP contribution in [0.2, 0.25) is 0 Å². The van der Waals surface area contributed by atoms with Crippen LogP contribution in [0.1, 0.15) is 19.3 Å². The van der Waals surface area contributed by atoms with Gasteiger partial charge in [-0.3, -0.25) is 19.4 Å². The highest BCUT2D eigenvalue weighted by molar-refractivity contribution is 5.93. The van der Waals surface area contributed by atoms with Crippen LogP contribution in [0.15, 0.2) is 18.2 Å². The minimum atomic E-state index is -0.932. The maximum atomic E-state index is 12.5. The second-order valence-electron chi connectivity index (χ2n) is 8.84. The number of ether oxygens (including phenoxy) is 2. The Balaban J connectivity index is 1.21. The minimum absolute atomic E-state index is 0.0566. The van der Waals surface area contributed by atoms with Crippen molar-refractivity contribution in [3.63, 3.8) is 0 Å². The second kappa shape index (κ2) is 11.0. The van der Waals surface area contributed by atoms with Crippen molar-refractivity contribution in [1.29, 1.82) is 0 Å². The number of carboxylic acid groups (broad SMARTS) is 1. The monoisotopic (exact) mass is 446 g/mol. The van der Waals surface area contributed by atoms with E-state index >= 15 is 0 Å². The van der Waals surface area contributed by atoms with Crippen molar-refractivity contribution in [1.82, 2.24) is 14.7 Å². The van der Waals surface area contributed by atoms with Crippen molar-refractivity contribution in [2.75, 3.05) is 77.4 Å². The first-order valence-electron chi connectivity index (χ1n) is 11.7. The Morgan fingerprint density at radius 3 is 2.22 bits per heavy atom. The lowest BCUT2D eigenvalue weighted by Gasteiger charge is -2.36. The van der Waals surface area contributed by atoms with Gasteiger partial charge in [-0.2, -0.15) is 0 Å². The Bertz CT molecular complexity index is 791. The normalized spacial score (nSPS) is 20.8. The largest absolute Gasteiger partial charge is 0.486 e. The molecule has 9 heteroatoms. The summed E-state index contributed by atoms with van der Waals surface area (Å²) < 4.78 is 11.0. The number of hydrogen-bond donors (Lipinski definition) is 2. The number of rotatable bonds is 9. The number of carboxylic acids is 1. The van der Waals surface area contributed by atoms with E-state index in [1.165, 1.54) is 25.9 Å². The lowest BCUT2D eigenvalue weighted by molar-refractivity contribution is -0.144. The van der Waals surface area contributed by atoms with E-state index in [4.69, 9.17) is 9.47 Å². The van der Waals surface area contributed by atoms with Gasteiger partial charge in [-0.25, -0.2) is 0 Å². The van der Waals surface area contributed by atoms with Crippen molar-refractivity contribution >= 4 is 17.6 Å². The Hall–Kier alpha value is -2.36. The minimum Gasteiger partial charge on any atom is -0.486 e. The Kier molecular flexibility index (Phi) is 7.83. The summed E-state index contributed by atoms with van der Waals surface area (Å²) >= 11 is 0. The third-order valence-electron chi connectivity index (χ3n) is 6.48. The van der Waals surface area contributed by atoms with E-state index in [9.17, 15) is 14.7 Å². The molecule has 176 valence electrons. The molecule has 2 saturated heterocycles. The van der Waals surface area contributed by atoms with Gasteiger partial charge in [0.15, 0.2) is 11.5 Å². The van der Waals surface area contributed by atoms with Crippen LogP contribution < -0.4 is 14.8 Å². The number of fused-ring (bicyclic) bond motifs is 1. The molecule has 1 atom stereocenters. The summed E-state index contributed by atoms with van der Waals surface area (Å²) in [5, 5.41) is 12.5. The summed E-state index contributed by atoms with van der Waals surface area (Å²) in [5.74, 6) is -0.732. The number of aliphatic carboxylic acids is 1. The van der Waals surface area contributed by atoms with Gasteiger partial charge in [0.2, 0.25) is 5.91 Å². The predicted molar refractivity (Wildman–Crippen MR) is 120 cm³/mol. The zero-order valence-electron chi connectivity index (χ0n) is 18.6. The predicted octanol–water partition coefficient (Wildman–Crippen LogP) is 1.20. The number of anilines is 1. The number of piperazine rings is 1. The standard InChI is InChI=1S/C23H34N4O5/c28-22(24-19-3-4-20-21(16-19)32-14-13-31-20)15-18(23(29)30)17-27-11-9-26(10-12-27)8-7-25-5-1-2-6-25/h3-4,16,18H,1-2,5-15,17H2,(H,24,28)(H,29,30)/t18-/m0/s1. The number of hydrogen-bond acceptors (Lipinski definition) is 7. The summed E-state index contributed by atoms with van der Waals surface area (Å²) in [4.78, 5) is 31.5. The van der Waals surface area contributed by atoms with Crippen molar-refractivity contribution in [2.45, 2.75) is 19.3 Å². The first kappa shape index (κ1) is 22.8. The Morgan fingerprint density at radius 1 is 0.906 bits per heavy atom. The molecular formula is C23H34N4O5. The van der Waals surface area contributed by atoms with Crippen LogP contribution in [0.25, 0.3) is 0 Å². The van der Waals surface area contributed by atoms with Crippen LogP contribution in [-0.2, 0) is 9.59 Å². The van der Waals surface area contributed by atoms with Crippen molar-refractivity contribution in [3.05, 3.63) is 18.2 Å². The molecule has 3 heterocycles. The number of carbonyl (C=O) groups is 2. The van der Waals surface area contributed by atoms with Crippen molar-refractivity contribution < 1.29 is 24.2 Å². The maximum Gasteiger partial charge on any atom is 0.308 e. The van der Waals surface area contributed by atoms with Crippen molar-refractivity contribution in [2.24, 2.45) is 5.92 Å². The zero-order chi connectivity index (χ0) is 22.3. The lowest BCUT2D eigenvalue weighted by Crippen LogP contribution is -2.50. The molecule has 3 aliphatic rings. The molecule has 4 rings (SSSR count). The van der Waals surface area contributed by atoms with Gasteiger partial charge in [0.1, 0.15) is 13.2 Å². The molecular weight excluding hydrogens is 412 g/mol. The second-order valence-corrected chi connectivity index (χ2v) is 8.84. The molecule has 1 aromatic carbocycles. The van der Waals surface area contributed by atoms with Crippen LogP contribution >= 0.6 is 0 Å². The average Bonchev–Trinajstić information content (AvgIpc) is 3.32. The molecule has 2 N–H and O–H groups in total. The van der Waals surface area contributed by atoms with Gasteiger partial charge < -0.3 is 24.8 Å². The van der Waals surface area contributed by atoms with E-state index in [-0.39, 0.29) is 12.3 Å². The Morgan fingerprint density at radius 2 is 1.53 bits per heavy atom. The number of benzene rings is 1. The SMILES string of the molecule is O=C(C[C@@H](CN1CCN(CCN2CCCC2)CC1)C(=O)O)Nc1ccc2c(c1)OCCO2. The number of nitrogens with zero attached hydrogens (tertiary/aromatic N) is 3. The average molecular weight is 447 g/mol. The maximum absolute atomic E-state index is 12.5. The molecule has 3 aliphatic heterocycles. The van der Waals surface area contributed by atoms with E-state index in [1.54, 1.807) is 18.2 Å². The van der Waals surface area contributed by atoms with Crippen molar-refractivity contribution in [3.8, 4) is 11.5 Å². The number of nitrogens with one attached hydrogen (secondary N) is 1. The van der Waals surface area contributed by atoms with Crippen LogP contribution in [0.5, 0.6) is 11.5 Å². The summed E-state index contributed by atoms with van der Waals surface area (Å²) in [7, 11) is 0. The first-order chi connectivity index (χ1) is 15.6. The van der Waals surface area contributed by atoms with Gasteiger partial charge in [-0.05, 0) is 38.1 Å². The molecule has 1 amide bonds. The number of amides is 1. The fourth-order valence-corrected chi connectivity index (χ4v) is 4.58. The van der Waals surface area contributed by atoms with Gasteiger partial charge in [0.05, 0.1) is 5.92 Å². The topological polar surface area (TPSA) is 94.6 Å². The van der Waals surface area contributed by atoms with Crippen LogP contribution in [-0.4, -0.2) is 104 Å². The molecule has 0 aliphatic carbocycles. The van der Waals surface area contributed by atoms with E-state index < -0.39 is 11.9 Å². The van der Waals surface area contributed by atoms with Gasteiger partial charge in [-0.15, -0.1) is 0 Å². The molecule has 32 heavy (non-hydrogen) atoms. The highest BCUT2D eigenvalue weighted by Gasteiger charge is 2.27. The summed E-state index contributed by atoms with van der Waals surface area (Å²) in [6, 6.07) is 5.20. The molecule has 9 nitrogen and oxygen atoms in total. The molecule has 1 aromatic rings. The molecule has 2 fully saturated rings. The Labute approximate surface area is 189 Å². The molecule has 0 unspecified atom stereocenters. The van der Waals surface area contributed by atoms with Crippen LogP contribution in [0.4, 0.5) is 5.69 Å². The van der Waals surface area contributed by atoms with Gasteiger partial charge >= 0.3 is 5.97 Å². The quantitative estimate of drug-likeness (QED) is 0.585. The highest BCUT2D eigenvalue weighted by atomic mass is 16.6. The third kappa shape index (κ3) is 6.34. The molecule has 0 aromatic heterocycles. The molecule has 0 bridgehead atoms. The van der Waals surface area contributed by atoms with Gasteiger partial charge in [-0.1, -0.05) is 0 Å². The highest BCUT2D eigenvalue weighted by Crippen LogP contribution is 2.32. The smallest absolute Gasteiger partial charge is 0.308 e. The fourth-order valence-electron chi connectivity index (χ4n) is 4.58. The molecule has 0 saturated carbocycles. The summed E-state index contributed by atoms with van der Waals surface area (Å²) in [6.45, 7) is 9.58. The summed E-state index contributed by atoms with van der Waals surface area (Å²) in [6.07, 6.45) is 2.57. The molecule has 0 spiro atoms. The van der Waals surface area contributed by atoms with E-state index in [0.717, 1.165) is 39.3 Å². The number of likely N-dealkylation sites (tertiary alicyclic amines) is 1. The molecule has 0 radical (unpaired) electrons. The summed E-state index contributed by atoms with van der Waals surface area (Å²) in [5.41, 5.74) is 0.579. The zero-order valence-corrected chi connectivity index (χ0v) is 18.6. The third-order valence-corrected chi connectivity index (χ3v) is 6.48. The van der Waals surface area contributed by atoms with E-state index in [1.807, 2.05) is 0 Å². The van der Waals surface area contributed by atoms with Crippen LogP contribution in [0, 0.1) is 5.92 Å². The van der Waals surface area contributed by atoms with E-state index in [0.29, 0.717) is 36.9 Å². The first-order valence-corrected chi connectivity index (χ1v) is 11.7. The van der Waals surface area contributed by atoms with Crippen LogP contribution in [0.3, 0.4) is 0 Å². The van der Waals surface area contributed by atoms with E-state index in [2.05, 4.69) is 20.0 Å².